The Kier molecular flexibility index (Phi) is 5.72. The first-order valence-corrected chi connectivity index (χ1v) is 7.90. The van der Waals surface area contributed by atoms with Crippen LogP contribution in [0, 0.1) is 0 Å². The molecule has 0 radical (unpaired) electrons. The Morgan fingerprint density at radius 2 is 2.11 bits per heavy atom. The molecule has 1 heterocycles. The van der Waals surface area contributed by atoms with Gasteiger partial charge < -0.3 is 11.1 Å². The third-order valence-electron chi connectivity index (χ3n) is 3.68. The van der Waals surface area contributed by atoms with Gasteiger partial charge in [-0.15, -0.1) is 0 Å². The zero-order valence-corrected chi connectivity index (χ0v) is 13.0. The molecule has 3 N–H and O–H groups in total. The average molecular weight is 284 g/mol. The van der Waals surface area contributed by atoms with Crippen molar-refractivity contribution in [3.8, 4) is 0 Å². The fraction of sp³-hybridized carbons (Fsp3) is 0.692. The van der Waals surface area contributed by atoms with E-state index in [-0.39, 0.29) is 10.7 Å². The van der Waals surface area contributed by atoms with Gasteiger partial charge in [-0.2, -0.15) is 16.9 Å². The molecule has 108 valence electrons. The number of rotatable bonds is 7. The molecule has 19 heavy (non-hydrogen) atoms. The minimum atomic E-state index is -0.142. The Bertz CT molecular complexity index is 418. The van der Waals surface area contributed by atoms with Crippen molar-refractivity contribution in [1.82, 2.24) is 15.1 Å². The zero-order chi connectivity index (χ0) is 14.5. The highest BCUT2D eigenvalue weighted by molar-refractivity contribution is 8.00. The maximum Gasteiger partial charge on any atom is 0.271 e. The van der Waals surface area contributed by atoms with Crippen LogP contribution in [-0.2, 0) is 6.54 Å². The molecule has 0 fully saturated rings. The maximum atomic E-state index is 12.2. The van der Waals surface area contributed by atoms with E-state index in [0.717, 1.165) is 12.8 Å². The van der Waals surface area contributed by atoms with Gasteiger partial charge in [-0.1, -0.05) is 13.8 Å². The van der Waals surface area contributed by atoms with Crippen molar-refractivity contribution in [3.05, 3.63) is 11.9 Å². The lowest BCUT2D eigenvalue weighted by Gasteiger charge is -2.29. The second-order valence-electron chi connectivity index (χ2n) is 4.54. The lowest BCUT2D eigenvalue weighted by molar-refractivity contribution is 0.0939. The van der Waals surface area contributed by atoms with E-state index in [0.29, 0.717) is 24.5 Å². The average Bonchev–Trinajstić information content (AvgIpc) is 2.82. The van der Waals surface area contributed by atoms with Crippen LogP contribution in [0.2, 0.25) is 0 Å². The van der Waals surface area contributed by atoms with Crippen LogP contribution in [0.1, 0.15) is 44.1 Å². The van der Waals surface area contributed by atoms with Crippen molar-refractivity contribution in [2.24, 2.45) is 0 Å². The zero-order valence-electron chi connectivity index (χ0n) is 12.2. The van der Waals surface area contributed by atoms with Gasteiger partial charge in [0.15, 0.2) is 0 Å². The summed E-state index contributed by atoms with van der Waals surface area (Å²) in [6, 6.07) is 0. The highest BCUT2D eigenvalue weighted by Gasteiger charge is 2.26. The molecule has 1 aromatic rings. The molecule has 5 nitrogen and oxygen atoms in total. The minimum Gasteiger partial charge on any atom is -0.396 e. The minimum absolute atomic E-state index is 0.0987. The van der Waals surface area contributed by atoms with Gasteiger partial charge >= 0.3 is 0 Å². The molecule has 0 aromatic carbocycles. The number of amides is 1. The van der Waals surface area contributed by atoms with E-state index in [1.54, 1.807) is 16.4 Å². The van der Waals surface area contributed by atoms with Gasteiger partial charge in [0, 0.05) is 17.8 Å². The number of aryl methyl sites for hydroxylation is 1. The quantitative estimate of drug-likeness (QED) is 0.804. The standard InChI is InChI=1S/C13H24N4OS/c1-5-13(6-2,19-4)9-15-12(18)11-10(14)8-16-17(11)7-3/h8H,5-7,9,14H2,1-4H3,(H,15,18). The molecule has 1 amide bonds. The molecular formula is C13H24N4OS. The molecular weight excluding hydrogens is 260 g/mol. The van der Waals surface area contributed by atoms with Gasteiger partial charge in [-0.05, 0) is 26.0 Å². The second kappa shape index (κ2) is 6.84. The molecule has 1 aromatic heterocycles. The second-order valence-corrected chi connectivity index (χ2v) is 5.82. The summed E-state index contributed by atoms with van der Waals surface area (Å²) in [6.07, 6.45) is 5.66. The van der Waals surface area contributed by atoms with Crippen molar-refractivity contribution < 1.29 is 4.79 Å². The third kappa shape index (κ3) is 3.43. The Balaban J connectivity index is 2.77. The molecule has 0 saturated heterocycles. The summed E-state index contributed by atoms with van der Waals surface area (Å²) in [5.74, 6) is -0.142. The number of nitrogens with one attached hydrogen (secondary N) is 1. The van der Waals surface area contributed by atoms with Gasteiger partial charge in [0.25, 0.3) is 5.91 Å². The Hall–Kier alpha value is -1.17. The van der Waals surface area contributed by atoms with Crippen LogP contribution in [-0.4, -0.2) is 33.2 Å². The van der Waals surface area contributed by atoms with Crippen LogP contribution >= 0.6 is 11.8 Å². The number of hydrogen-bond acceptors (Lipinski definition) is 4. The van der Waals surface area contributed by atoms with Gasteiger partial charge in [-0.25, -0.2) is 0 Å². The summed E-state index contributed by atoms with van der Waals surface area (Å²) < 4.78 is 1.73. The van der Waals surface area contributed by atoms with E-state index in [9.17, 15) is 4.79 Å². The maximum absolute atomic E-state index is 12.2. The monoisotopic (exact) mass is 284 g/mol. The molecule has 0 spiro atoms. The summed E-state index contributed by atoms with van der Waals surface area (Å²) in [5.41, 5.74) is 6.70. The van der Waals surface area contributed by atoms with Gasteiger partial charge in [0.2, 0.25) is 0 Å². The van der Waals surface area contributed by atoms with Crippen LogP contribution in [0.5, 0.6) is 0 Å². The lowest BCUT2D eigenvalue weighted by Crippen LogP contribution is -2.40. The SMILES string of the molecule is CCn1ncc(N)c1C(=O)NCC(CC)(CC)SC. The van der Waals surface area contributed by atoms with Crippen LogP contribution in [0.15, 0.2) is 6.20 Å². The van der Waals surface area contributed by atoms with Crippen LogP contribution < -0.4 is 11.1 Å². The number of nitrogen functional groups attached to an aromatic ring is 1. The number of nitrogens with two attached hydrogens (primary N) is 1. The lowest BCUT2D eigenvalue weighted by atomic mass is 10.0. The molecule has 0 aliphatic carbocycles. The summed E-state index contributed by atoms with van der Waals surface area (Å²) in [4.78, 5) is 12.2. The topological polar surface area (TPSA) is 72.9 Å². The molecule has 1 rings (SSSR count). The number of carbonyl (C=O) groups is 1. The van der Waals surface area contributed by atoms with Crippen LogP contribution in [0.4, 0.5) is 5.69 Å². The Morgan fingerprint density at radius 1 is 1.47 bits per heavy atom. The van der Waals surface area contributed by atoms with Crippen molar-refractivity contribution >= 4 is 23.4 Å². The molecule has 0 aliphatic heterocycles. The van der Waals surface area contributed by atoms with Crippen molar-refractivity contribution in [3.63, 3.8) is 0 Å². The molecule has 0 unspecified atom stereocenters. The van der Waals surface area contributed by atoms with E-state index < -0.39 is 0 Å². The van der Waals surface area contributed by atoms with Gasteiger partial charge in [0.05, 0.1) is 11.9 Å². The van der Waals surface area contributed by atoms with Crippen molar-refractivity contribution in [1.29, 1.82) is 0 Å². The predicted molar refractivity (Wildman–Crippen MR) is 81.5 cm³/mol. The smallest absolute Gasteiger partial charge is 0.271 e. The molecule has 0 saturated carbocycles. The largest absolute Gasteiger partial charge is 0.396 e. The molecule has 0 bridgehead atoms. The van der Waals surface area contributed by atoms with E-state index in [1.807, 2.05) is 6.92 Å². The van der Waals surface area contributed by atoms with E-state index in [2.05, 4.69) is 30.5 Å². The van der Waals surface area contributed by atoms with E-state index in [4.69, 9.17) is 5.73 Å². The summed E-state index contributed by atoms with van der Waals surface area (Å²) in [6.45, 7) is 7.52. The van der Waals surface area contributed by atoms with Crippen molar-refractivity contribution in [2.75, 3.05) is 18.5 Å². The van der Waals surface area contributed by atoms with Crippen LogP contribution in [0.25, 0.3) is 0 Å². The number of nitrogens with zero attached hydrogens (tertiary/aromatic N) is 2. The summed E-state index contributed by atoms with van der Waals surface area (Å²) >= 11 is 1.80. The molecule has 0 aliphatic rings. The fourth-order valence-electron chi connectivity index (χ4n) is 2.07. The predicted octanol–water partition coefficient (Wildman–Crippen LogP) is 2.14. The summed E-state index contributed by atoms with van der Waals surface area (Å²) in [5, 5.41) is 7.08. The first-order chi connectivity index (χ1) is 9.03. The number of hydrogen-bond donors (Lipinski definition) is 2. The van der Waals surface area contributed by atoms with Crippen molar-refractivity contribution in [2.45, 2.75) is 44.9 Å². The number of anilines is 1. The van der Waals surface area contributed by atoms with E-state index >= 15 is 0 Å². The third-order valence-corrected chi connectivity index (χ3v) is 5.26. The van der Waals surface area contributed by atoms with Crippen LogP contribution in [0.3, 0.4) is 0 Å². The van der Waals surface area contributed by atoms with Gasteiger partial charge in [0.1, 0.15) is 5.69 Å². The first kappa shape index (κ1) is 15.9. The Morgan fingerprint density at radius 3 is 2.58 bits per heavy atom. The Labute approximate surface area is 119 Å². The fourth-order valence-corrected chi connectivity index (χ4v) is 2.87. The molecule has 0 atom stereocenters. The number of carbonyl (C=O) groups excluding carboxylic acids is 1. The van der Waals surface area contributed by atoms with Gasteiger partial charge in [-0.3, -0.25) is 9.48 Å². The highest BCUT2D eigenvalue weighted by Crippen LogP contribution is 2.29. The first-order valence-electron chi connectivity index (χ1n) is 6.68. The van der Waals surface area contributed by atoms with E-state index in [1.165, 1.54) is 6.20 Å². The summed E-state index contributed by atoms with van der Waals surface area (Å²) in [7, 11) is 0. The highest BCUT2D eigenvalue weighted by atomic mass is 32.2. The number of aromatic nitrogens is 2. The molecule has 6 heteroatoms. The normalized spacial score (nSPS) is 11.6. The number of thioether (sulfide) groups is 1.